The maximum absolute atomic E-state index is 12.8. The van der Waals surface area contributed by atoms with Crippen LogP contribution in [0.2, 0.25) is 5.02 Å². The molecule has 1 amide bonds. The summed E-state index contributed by atoms with van der Waals surface area (Å²) in [7, 11) is -3.24. The third-order valence-electron chi connectivity index (χ3n) is 5.08. The van der Waals surface area contributed by atoms with E-state index in [2.05, 4.69) is 10.2 Å². The van der Waals surface area contributed by atoms with Gasteiger partial charge in [-0.25, -0.2) is 8.42 Å². The molecule has 2 aliphatic heterocycles. The maximum Gasteiger partial charge on any atom is 0.255 e. The Morgan fingerprint density at radius 3 is 2.41 bits per heavy atom. The number of para-hydroxylation sites is 1. The third kappa shape index (κ3) is 4.19. The second-order valence-corrected chi connectivity index (χ2v) is 9.40. The smallest absolute Gasteiger partial charge is 0.255 e. The molecule has 7 nitrogen and oxygen atoms in total. The number of nitrogens with zero attached hydrogens (tertiary/aromatic N) is 2. The van der Waals surface area contributed by atoms with E-state index in [1.165, 1.54) is 4.31 Å². The highest BCUT2D eigenvalue weighted by Crippen LogP contribution is 2.35. The van der Waals surface area contributed by atoms with Crippen LogP contribution in [0, 0.1) is 0 Å². The van der Waals surface area contributed by atoms with Crippen molar-refractivity contribution in [2.75, 3.05) is 53.1 Å². The zero-order chi connectivity index (χ0) is 20.4. The van der Waals surface area contributed by atoms with Gasteiger partial charge in [0.1, 0.15) is 0 Å². The van der Waals surface area contributed by atoms with Gasteiger partial charge < -0.3 is 15.0 Å². The van der Waals surface area contributed by atoms with Crippen LogP contribution in [0.5, 0.6) is 0 Å². The first kappa shape index (κ1) is 20.0. The number of halogens is 1. The molecule has 2 aromatic rings. The van der Waals surface area contributed by atoms with Crippen molar-refractivity contribution in [1.82, 2.24) is 0 Å². The number of nitrogens with one attached hydrogen (secondary N) is 1. The molecular formula is C20H22ClN3O4S. The molecule has 2 fully saturated rings. The molecule has 29 heavy (non-hydrogen) atoms. The SMILES string of the molecule is O=C(Nc1cccc(Cl)c1N1CCOCC1)c1ccc(N2CCCS2(=O)=O)cc1. The van der Waals surface area contributed by atoms with Gasteiger partial charge in [-0.15, -0.1) is 0 Å². The number of carbonyl (C=O) groups is 1. The Bertz CT molecular complexity index is 1000. The van der Waals surface area contributed by atoms with Crippen molar-refractivity contribution in [3.63, 3.8) is 0 Å². The van der Waals surface area contributed by atoms with Crippen molar-refractivity contribution in [3.8, 4) is 0 Å². The first-order valence-electron chi connectivity index (χ1n) is 9.49. The van der Waals surface area contributed by atoms with Gasteiger partial charge in [0, 0.05) is 25.2 Å². The predicted octanol–water partition coefficient (Wildman–Crippen LogP) is 2.97. The number of ether oxygens (including phenoxy) is 1. The van der Waals surface area contributed by atoms with E-state index in [0.29, 0.717) is 61.2 Å². The van der Waals surface area contributed by atoms with Crippen LogP contribution in [0.25, 0.3) is 0 Å². The molecule has 0 aromatic heterocycles. The second-order valence-electron chi connectivity index (χ2n) is 6.98. The van der Waals surface area contributed by atoms with Crippen LogP contribution < -0.4 is 14.5 Å². The van der Waals surface area contributed by atoms with Gasteiger partial charge in [0.05, 0.1) is 41.1 Å². The van der Waals surface area contributed by atoms with E-state index in [4.69, 9.17) is 16.3 Å². The van der Waals surface area contributed by atoms with Gasteiger partial charge >= 0.3 is 0 Å². The zero-order valence-corrected chi connectivity index (χ0v) is 17.4. The molecule has 0 aliphatic carbocycles. The molecular weight excluding hydrogens is 414 g/mol. The zero-order valence-electron chi connectivity index (χ0n) is 15.8. The van der Waals surface area contributed by atoms with E-state index in [1.54, 1.807) is 36.4 Å². The van der Waals surface area contributed by atoms with Crippen molar-refractivity contribution >= 4 is 44.6 Å². The monoisotopic (exact) mass is 435 g/mol. The van der Waals surface area contributed by atoms with E-state index in [9.17, 15) is 13.2 Å². The number of anilines is 3. The highest BCUT2D eigenvalue weighted by Gasteiger charge is 2.28. The Morgan fingerprint density at radius 2 is 1.76 bits per heavy atom. The van der Waals surface area contributed by atoms with Gasteiger partial charge in [-0.2, -0.15) is 0 Å². The van der Waals surface area contributed by atoms with Crippen molar-refractivity contribution in [2.45, 2.75) is 6.42 Å². The van der Waals surface area contributed by atoms with Crippen LogP contribution in [0.3, 0.4) is 0 Å². The topological polar surface area (TPSA) is 79.0 Å². The van der Waals surface area contributed by atoms with Gasteiger partial charge in [-0.1, -0.05) is 17.7 Å². The van der Waals surface area contributed by atoms with E-state index >= 15 is 0 Å². The van der Waals surface area contributed by atoms with Gasteiger partial charge in [0.2, 0.25) is 10.0 Å². The average Bonchev–Trinajstić information content (AvgIpc) is 3.08. The average molecular weight is 436 g/mol. The largest absolute Gasteiger partial charge is 0.378 e. The summed E-state index contributed by atoms with van der Waals surface area (Å²) >= 11 is 6.42. The Kier molecular flexibility index (Phi) is 5.67. The molecule has 0 unspecified atom stereocenters. The summed E-state index contributed by atoms with van der Waals surface area (Å²) in [4.78, 5) is 14.9. The lowest BCUT2D eigenvalue weighted by Crippen LogP contribution is -2.37. The molecule has 0 bridgehead atoms. The molecule has 1 N–H and O–H groups in total. The third-order valence-corrected chi connectivity index (χ3v) is 7.25. The molecule has 0 spiro atoms. The van der Waals surface area contributed by atoms with Crippen molar-refractivity contribution in [1.29, 1.82) is 0 Å². The molecule has 9 heteroatoms. The van der Waals surface area contributed by atoms with Crippen LogP contribution in [-0.4, -0.2) is 52.9 Å². The van der Waals surface area contributed by atoms with Crippen molar-refractivity contribution in [3.05, 3.63) is 53.1 Å². The number of benzene rings is 2. The highest BCUT2D eigenvalue weighted by molar-refractivity contribution is 7.93. The van der Waals surface area contributed by atoms with Crippen molar-refractivity contribution in [2.24, 2.45) is 0 Å². The number of carbonyl (C=O) groups excluding carboxylic acids is 1. The van der Waals surface area contributed by atoms with Gasteiger partial charge in [-0.3, -0.25) is 9.10 Å². The number of hydrogen-bond acceptors (Lipinski definition) is 5. The fourth-order valence-electron chi connectivity index (χ4n) is 3.63. The Balaban J connectivity index is 1.53. The van der Waals surface area contributed by atoms with Crippen molar-refractivity contribution < 1.29 is 17.9 Å². The number of morpholine rings is 1. The molecule has 2 saturated heterocycles. The van der Waals surface area contributed by atoms with E-state index in [1.807, 2.05) is 6.07 Å². The summed E-state index contributed by atoms with van der Waals surface area (Å²) in [6, 6.07) is 12.0. The standard InChI is InChI=1S/C20H22ClN3O4S/c21-17-3-1-4-18(19(17)23-10-12-28-13-11-23)22-20(25)15-5-7-16(8-6-15)24-9-2-14-29(24,26)27/h1,3-8H,2,9-14H2,(H,22,25). The normalized spacial score (nSPS) is 18.7. The summed E-state index contributed by atoms with van der Waals surface area (Å²) in [5.74, 6) is -0.119. The molecule has 0 atom stereocenters. The second kappa shape index (κ2) is 8.22. The molecule has 2 heterocycles. The molecule has 2 aromatic carbocycles. The lowest BCUT2D eigenvalue weighted by Gasteiger charge is -2.31. The van der Waals surface area contributed by atoms with Crippen LogP contribution >= 0.6 is 11.6 Å². The van der Waals surface area contributed by atoms with E-state index in [0.717, 1.165) is 5.69 Å². The fourth-order valence-corrected chi connectivity index (χ4v) is 5.49. The van der Waals surface area contributed by atoms with Gasteiger partial charge in [0.25, 0.3) is 5.91 Å². The van der Waals surface area contributed by atoms with Gasteiger partial charge in [-0.05, 0) is 42.8 Å². The Hall–Kier alpha value is -2.29. The number of rotatable bonds is 4. The summed E-state index contributed by atoms with van der Waals surface area (Å²) in [6.45, 7) is 3.09. The highest BCUT2D eigenvalue weighted by atomic mass is 35.5. The fraction of sp³-hybridized carbons (Fsp3) is 0.350. The summed E-state index contributed by atoms with van der Waals surface area (Å²) in [5.41, 5.74) is 2.44. The van der Waals surface area contributed by atoms with Crippen LogP contribution in [0.1, 0.15) is 16.8 Å². The minimum absolute atomic E-state index is 0.161. The van der Waals surface area contributed by atoms with E-state index < -0.39 is 10.0 Å². The number of hydrogen-bond donors (Lipinski definition) is 1. The van der Waals surface area contributed by atoms with Crippen LogP contribution in [-0.2, 0) is 14.8 Å². The molecule has 154 valence electrons. The quantitative estimate of drug-likeness (QED) is 0.798. The molecule has 0 saturated carbocycles. The number of amides is 1. The Labute approximate surface area is 175 Å². The molecule has 4 rings (SSSR count). The van der Waals surface area contributed by atoms with Crippen LogP contribution in [0.15, 0.2) is 42.5 Å². The summed E-state index contributed by atoms with van der Waals surface area (Å²) in [5, 5.41) is 3.50. The molecule has 2 aliphatic rings. The maximum atomic E-state index is 12.8. The minimum Gasteiger partial charge on any atom is -0.378 e. The van der Waals surface area contributed by atoms with Crippen LogP contribution in [0.4, 0.5) is 17.1 Å². The molecule has 0 radical (unpaired) electrons. The predicted molar refractivity (Wildman–Crippen MR) is 115 cm³/mol. The summed E-state index contributed by atoms with van der Waals surface area (Å²) in [6.07, 6.45) is 0.615. The Morgan fingerprint density at radius 1 is 1.03 bits per heavy atom. The lowest BCUT2D eigenvalue weighted by atomic mass is 10.1. The first-order valence-corrected chi connectivity index (χ1v) is 11.5. The van der Waals surface area contributed by atoms with E-state index in [-0.39, 0.29) is 11.7 Å². The lowest BCUT2D eigenvalue weighted by molar-refractivity contribution is 0.102. The van der Waals surface area contributed by atoms with Gasteiger partial charge in [0.15, 0.2) is 0 Å². The first-order chi connectivity index (χ1) is 14.0. The summed E-state index contributed by atoms with van der Waals surface area (Å²) < 4.78 is 30.9. The minimum atomic E-state index is -3.24. The number of sulfonamides is 1.